The van der Waals surface area contributed by atoms with E-state index in [1.54, 1.807) is 12.1 Å². The van der Waals surface area contributed by atoms with Gasteiger partial charge in [0.2, 0.25) is 0 Å². The first-order valence-electron chi connectivity index (χ1n) is 4.91. The summed E-state index contributed by atoms with van der Waals surface area (Å²) >= 11 is 5.65. The van der Waals surface area contributed by atoms with Gasteiger partial charge in [-0.25, -0.2) is 4.39 Å². The van der Waals surface area contributed by atoms with Gasteiger partial charge < -0.3 is 10.4 Å². The van der Waals surface area contributed by atoms with Crippen LogP contribution >= 0.6 is 11.6 Å². The molecule has 15 heavy (non-hydrogen) atoms. The summed E-state index contributed by atoms with van der Waals surface area (Å²) in [7, 11) is 0. The highest BCUT2D eigenvalue weighted by Gasteiger charge is 2.02. The van der Waals surface area contributed by atoms with Crippen LogP contribution < -0.4 is 5.32 Å². The third-order valence-electron chi connectivity index (χ3n) is 2.16. The maximum Gasteiger partial charge on any atom is 0.141 e. The highest BCUT2D eigenvalue weighted by molar-refractivity contribution is 6.30. The Kier molecular flexibility index (Phi) is 5.02. The van der Waals surface area contributed by atoms with Crippen LogP contribution in [0, 0.1) is 5.82 Å². The van der Waals surface area contributed by atoms with Crippen molar-refractivity contribution in [1.82, 2.24) is 5.32 Å². The van der Waals surface area contributed by atoms with E-state index >= 15 is 0 Å². The summed E-state index contributed by atoms with van der Waals surface area (Å²) in [5.41, 5.74) is 0.985. The fraction of sp³-hybridized carbons (Fsp3) is 0.455. The lowest BCUT2D eigenvalue weighted by Crippen LogP contribution is -2.30. The minimum atomic E-state index is -0.392. The second-order valence-electron chi connectivity index (χ2n) is 3.54. The molecule has 1 atom stereocenters. The molecule has 0 amide bonds. The summed E-state index contributed by atoms with van der Waals surface area (Å²) in [5.74, 6) is -0.392. The Morgan fingerprint density at radius 3 is 2.87 bits per heavy atom. The third kappa shape index (κ3) is 4.16. The van der Waals surface area contributed by atoms with Crippen molar-refractivity contribution in [2.75, 3.05) is 13.2 Å². The normalized spacial score (nSPS) is 12.8. The van der Waals surface area contributed by atoms with Gasteiger partial charge in [-0.2, -0.15) is 0 Å². The molecular weight excluding hydrogens is 217 g/mol. The second-order valence-corrected chi connectivity index (χ2v) is 3.94. The van der Waals surface area contributed by atoms with E-state index in [0.29, 0.717) is 0 Å². The number of hydrogen-bond donors (Lipinski definition) is 2. The SMILES string of the molecule is CC(CO)NCCc1ccc(F)c(Cl)c1. The van der Waals surface area contributed by atoms with E-state index in [4.69, 9.17) is 16.7 Å². The van der Waals surface area contributed by atoms with Crippen LogP contribution in [-0.4, -0.2) is 24.3 Å². The van der Waals surface area contributed by atoms with Crippen LogP contribution in [0.4, 0.5) is 4.39 Å². The van der Waals surface area contributed by atoms with Crippen molar-refractivity contribution in [2.24, 2.45) is 0 Å². The zero-order valence-electron chi connectivity index (χ0n) is 8.63. The fourth-order valence-electron chi connectivity index (χ4n) is 1.22. The lowest BCUT2D eigenvalue weighted by Gasteiger charge is -2.10. The van der Waals surface area contributed by atoms with Gasteiger partial charge in [0, 0.05) is 6.04 Å². The van der Waals surface area contributed by atoms with Gasteiger partial charge in [-0.05, 0) is 37.6 Å². The number of hydrogen-bond acceptors (Lipinski definition) is 2. The fourth-order valence-corrected chi connectivity index (χ4v) is 1.43. The van der Waals surface area contributed by atoms with Gasteiger partial charge in [0.05, 0.1) is 11.6 Å². The van der Waals surface area contributed by atoms with Crippen LogP contribution in [0.25, 0.3) is 0 Å². The molecule has 0 aliphatic rings. The first-order valence-corrected chi connectivity index (χ1v) is 5.29. The minimum Gasteiger partial charge on any atom is -0.395 e. The molecule has 1 unspecified atom stereocenters. The summed E-state index contributed by atoms with van der Waals surface area (Å²) in [6.45, 7) is 2.76. The van der Waals surface area contributed by atoms with Crippen molar-refractivity contribution < 1.29 is 9.50 Å². The highest BCUT2D eigenvalue weighted by atomic mass is 35.5. The molecule has 0 saturated carbocycles. The van der Waals surface area contributed by atoms with Gasteiger partial charge in [-0.15, -0.1) is 0 Å². The molecule has 0 spiro atoms. The van der Waals surface area contributed by atoms with Crippen LogP contribution in [0.2, 0.25) is 5.02 Å². The Morgan fingerprint density at radius 2 is 2.27 bits per heavy atom. The summed E-state index contributed by atoms with van der Waals surface area (Å²) < 4.78 is 12.8. The zero-order chi connectivity index (χ0) is 11.3. The smallest absolute Gasteiger partial charge is 0.141 e. The molecule has 2 nitrogen and oxygen atoms in total. The molecule has 0 heterocycles. The van der Waals surface area contributed by atoms with E-state index in [2.05, 4.69) is 5.32 Å². The second kappa shape index (κ2) is 6.05. The van der Waals surface area contributed by atoms with Crippen molar-refractivity contribution >= 4 is 11.6 Å². The molecule has 0 radical (unpaired) electrons. The number of nitrogens with one attached hydrogen (secondary N) is 1. The number of aliphatic hydroxyl groups excluding tert-OH is 1. The molecule has 0 saturated heterocycles. The summed E-state index contributed by atoms with van der Waals surface area (Å²) in [5, 5.41) is 12.1. The van der Waals surface area contributed by atoms with Crippen LogP contribution in [-0.2, 0) is 6.42 Å². The van der Waals surface area contributed by atoms with Gasteiger partial charge in [0.15, 0.2) is 0 Å². The summed E-state index contributed by atoms with van der Waals surface area (Å²) in [6.07, 6.45) is 0.768. The zero-order valence-corrected chi connectivity index (χ0v) is 9.39. The van der Waals surface area contributed by atoms with Crippen LogP contribution in [0.3, 0.4) is 0 Å². The van der Waals surface area contributed by atoms with Crippen molar-refractivity contribution in [2.45, 2.75) is 19.4 Å². The molecule has 0 fully saturated rings. The molecule has 1 rings (SSSR count). The summed E-state index contributed by atoms with van der Waals surface area (Å²) in [6, 6.07) is 4.79. The Labute approximate surface area is 94.1 Å². The highest BCUT2D eigenvalue weighted by Crippen LogP contribution is 2.15. The first kappa shape index (κ1) is 12.4. The van der Waals surface area contributed by atoms with Crippen LogP contribution in [0.5, 0.6) is 0 Å². The maximum atomic E-state index is 12.8. The van der Waals surface area contributed by atoms with Crippen LogP contribution in [0.15, 0.2) is 18.2 Å². The first-order chi connectivity index (χ1) is 7.13. The molecule has 84 valence electrons. The van der Waals surface area contributed by atoms with E-state index in [1.807, 2.05) is 6.92 Å². The molecule has 0 aliphatic heterocycles. The summed E-state index contributed by atoms with van der Waals surface area (Å²) in [4.78, 5) is 0. The lowest BCUT2D eigenvalue weighted by molar-refractivity contribution is 0.252. The third-order valence-corrected chi connectivity index (χ3v) is 2.45. The predicted molar refractivity (Wildman–Crippen MR) is 59.7 cm³/mol. The number of benzene rings is 1. The van der Waals surface area contributed by atoms with E-state index in [0.717, 1.165) is 18.5 Å². The Hall–Kier alpha value is -0.640. The average Bonchev–Trinajstić information content (AvgIpc) is 2.23. The molecule has 1 aromatic rings. The van der Waals surface area contributed by atoms with Crippen LogP contribution in [0.1, 0.15) is 12.5 Å². The van der Waals surface area contributed by atoms with E-state index in [9.17, 15) is 4.39 Å². The molecule has 0 bridgehead atoms. The standard InChI is InChI=1S/C11H15ClFNO/c1-8(7-15)14-5-4-9-2-3-11(13)10(12)6-9/h2-3,6,8,14-15H,4-5,7H2,1H3. The van der Waals surface area contributed by atoms with Crippen molar-refractivity contribution in [3.63, 3.8) is 0 Å². The van der Waals surface area contributed by atoms with Crippen molar-refractivity contribution in [3.05, 3.63) is 34.6 Å². The maximum absolute atomic E-state index is 12.8. The molecular formula is C11H15ClFNO. The largest absolute Gasteiger partial charge is 0.395 e. The van der Waals surface area contributed by atoms with Crippen molar-refractivity contribution in [3.8, 4) is 0 Å². The number of rotatable bonds is 5. The van der Waals surface area contributed by atoms with Gasteiger partial charge in [-0.3, -0.25) is 0 Å². The minimum absolute atomic E-state index is 0.0842. The molecule has 4 heteroatoms. The predicted octanol–water partition coefficient (Wildman–Crippen LogP) is 1.99. The Morgan fingerprint density at radius 1 is 1.53 bits per heavy atom. The van der Waals surface area contributed by atoms with Gasteiger partial charge in [-0.1, -0.05) is 17.7 Å². The molecule has 0 aromatic heterocycles. The Balaban J connectivity index is 2.41. The van der Waals surface area contributed by atoms with Crippen molar-refractivity contribution in [1.29, 1.82) is 0 Å². The number of halogens is 2. The van der Waals surface area contributed by atoms with E-state index in [1.165, 1.54) is 6.07 Å². The Bertz CT molecular complexity index is 319. The van der Waals surface area contributed by atoms with E-state index in [-0.39, 0.29) is 17.7 Å². The molecule has 2 N–H and O–H groups in total. The average molecular weight is 232 g/mol. The van der Waals surface area contributed by atoms with Gasteiger partial charge in [0.1, 0.15) is 5.82 Å². The quantitative estimate of drug-likeness (QED) is 0.813. The molecule has 0 aliphatic carbocycles. The van der Waals surface area contributed by atoms with Gasteiger partial charge in [0.25, 0.3) is 0 Å². The van der Waals surface area contributed by atoms with Gasteiger partial charge >= 0.3 is 0 Å². The number of aliphatic hydroxyl groups is 1. The topological polar surface area (TPSA) is 32.3 Å². The monoisotopic (exact) mass is 231 g/mol. The van der Waals surface area contributed by atoms with E-state index < -0.39 is 5.82 Å². The lowest BCUT2D eigenvalue weighted by atomic mass is 10.1. The molecule has 1 aromatic carbocycles.